The summed E-state index contributed by atoms with van der Waals surface area (Å²) >= 11 is 5.82. The number of tetrazole rings is 1. The van der Waals surface area contributed by atoms with Gasteiger partial charge in [-0.05, 0) is 28.6 Å². The molecule has 0 unspecified atom stereocenters. The van der Waals surface area contributed by atoms with Crippen molar-refractivity contribution in [2.75, 3.05) is 18.9 Å². The fourth-order valence-corrected chi connectivity index (χ4v) is 1.70. The van der Waals surface area contributed by atoms with Crippen LogP contribution in [0.4, 0.5) is 18.9 Å². The van der Waals surface area contributed by atoms with Gasteiger partial charge in [0.15, 0.2) is 5.82 Å². The Hall–Kier alpha value is -1.87. The smallest absolute Gasteiger partial charge is 0.398 e. The molecule has 1 aromatic carbocycles. The summed E-state index contributed by atoms with van der Waals surface area (Å²) in [5.41, 5.74) is 6.65. The second-order valence-corrected chi connectivity index (χ2v) is 4.54. The number of anilines is 1. The molecule has 0 aliphatic heterocycles. The second-order valence-electron chi connectivity index (χ2n) is 4.13. The third kappa shape index (κ3) is 4.30. The average molecular weight is 322 g/mol. The number of alkyl halides is 3. The molecule has 2 N–H and O–H groups in total. The maximum absolute atomic E-state index is 11.9. The molecule has 0 aliphatic carbocycles. The number of halogens is 4. The Morgan fingerprint density at radius 2 is 2.10 bits per heavy atom. The maximum atomic E-state index is 11.9. The first-order chi connectivity index (χ1) is 9.87. The van der Waals surface area contributed by atoms with Crippen LogP contribution in [0.5, 0.6) is 0 Å². The highest BCUT2D eigenvalue weighted by Gasteiger charge is 2.27. The predicted molar refractivity (Wildman–Crippen MR) is 69.5 cm³/mol. The molecule has 21 heavy (non-hydrogen) atoms. The Morgan fingerprint density at radius 1 is 1.33 bits per heavy atom. The number of nitrogens with two attached hydrogens (primary N) is 1. The SMILES string of the molecule is Nc1cc(-c2nnnn2CCOCC(F)(F)F)ccc1Cl. The van der Waals surface area contributed by atoms with Gasteiger partial charge in [-0.1, -0.05) is 11.6 Å². The number of hydrogen-bond acceptors (Lipinski definition) is 5. The van der Waals surface area contributed by atoms with Crippen molar-refractivity contribution in [1.29, 1.82) is 0 Å². The molecule has 114 valence electrons. The summed E-state index contributed by atoms with van der Waals surface area (Å²) in [5, 5.41) is 11.4. The van der Waals surface area contributed by atoms with E-state index in [2.05, 4.69) is 20.3 Å². The van der Waals surface area contributed by atoms with Gasteiger partial charge in [0.1, 0.15) is 6.61 Å². The highest BCUT2D eigenvalue weighted by atomic mass is 35.5. The Labute approximate surface area is 122 Å². The zero-order valence-electron chi connectivity index (χ0n) is 10.6. The van der Waals surface area contributed by atoms with E-state index in [1.54, 1.807) is 18.2 Å². The molecular formula is C11H11ClF3N5O. The van der Waals surface area contributed by atoms with E-state index in [0.29, 0.717) is 22.1 Å². The summed E-state index contributed by atoms with van der Waals surface area (Å²) in [6.45, 7) is -1.39. The molecule has 0 bridgehead atoms. The van der Waals surface area contributed by atoms with Gasteiger partial charge in [-0.2, -0.15) is 13.2 Å². The normalized spacial score (nSPS) is 11.8. The molecule has 0 atom stereocenters. The minimum Gasteiger partial charge on any atom is -0.398 e. The van der Waals surface area contributed by atoms with E-state index in [4.69, 9.17) is 17.3 Å². The molecule has 2 aromatic rings. The Kier molecular flexibility index (Phi) is 4.63. The van der Waals surface area contributed by atoms with Crippen LogP contribution in [0.3, 0.4) is 0 Å². The van der Waals surface area contributed by atoms with E-state index in [1.165, 1.54) is 4.68 Å². The molecule has 0 radical (unpaired) electrons. The van der Waals surface area contributed by atoms with Gasteiger partial charge in [-0.25, -0.2) is 4.68 Å². The van der Waals surface area contributed by atoms with E-state index in [0.717, 1.165) is 0 Å². The van der Waals surface area contributed by atoms with Crippen molar-refractivity contribution >= 4 is 17.3 Å². The third-order valence-corrected chi connectivity index (χ3v) is 2.84. The Morgan fingerprint density at radius 3 is 2.76 bits per heavy atom. The van der Waals surface area contributed by atoms with Crippen LogP contribution in [-0.4, -0.2) is 39.6 Å². The monoisotopic (exact) mass is 321 g/mol. The van der Waals surface area contributed by atoms with Gasteiger partial charge in [0.05, 0.1) is 23.9 Å². The topological polar surface area (TPSA) is 78.9 Å². The van der Waals surface area contributed by atoms with Crippen molar-refractivity contribution in [2.45, 2.75) is 12.7 Å². The summed E-state index contributed by atoms with van der Waals surface area (Å²) in [5.74, 6) is 0.369. The van der Waals surface area contributed by atoms with Gasteiger partial charge in [0.2, 0.25) is 0 Å². The lowest BCUT2D eigenvalue weighted by Crippen LogP contribution is -2.19. The minimum atomic E-state index is -4.35. The van der Waals surface area contributed by atoms with Crippen LogP contribution < -0.4 is 5.73 Å². The van der Waals surface area contributed by atoms with Crippen molar-refractivity contribution in [3.8, 4) is 11.4 Å². The number of nitrogen functional groups attached to an aromatic ring is 1. The van der Waals surface area contributed by atoms with Crippen LogP contribution in [0.25, 0.3) is 11.4 Å². The summed E-state index contributed by atoms with van der Waals surface area (Å²) in [7, 11) is 0. The van der Waals surface area contributed by atoms with Crippen LogP contribution in [-0.2, 0) is 11.3 Å². The molecule has 2 rings (SSSR count). The highest BCUT2D eigenvalue weighted by molar-refractivity contribution is 6.33. The molecule has 1 aromatic heterocycles. The van der Waals surface area contributed by atoms with E-state index in [-0.39, 0.29) is 13.2 Å². The predicted octanol–water partition coefficient (Wildman–Crippen LogP) is 2.15. The van der Waals surface area contributed by atoms with E-state index < -0.39 is 12.8 Å². The largest absolute Gasteiger partial charge is 0.411 e. The quantitative estimate of drug-likeness (QED) is 0.674. The van der Waals surface area contributed by atoms with Crippen LogP contribution in [0, 0.1) is 0 Å². The third-order valence-electron chi connectivity index (χ3n) is 2.50. The molecule has 6 nitrogen and oxygen atoms in total. The number of aromatic nitrogens is 4. The maximum Gasteiger partial charge on any atom is 0.411 e. The number of hydrogen-bond donors (Lipinski definition) is 1. The first-order valence-corrected chi connectivity index (χ1v) is 6.20. The second kappa shape index (κ2) is 6.27. The zero-order valence-corrected chi connectivity index (χ0v) is 11.4. The average Bonchev–Trinajstić information content (AvgIpc) is 2.85. The molecule has 0 aliphatic rings. The molecule has 0 spiro atoms. The molecule has 0 saturated carbocycles. The number of ether oxygens (including phenoxy) is 1. The first kappa shape index (κ1) is 15.5. The van der Waals surface area contributed by atoms with E-state index >= 15 is 0 Å². The van der Waals surface area contributed by atoms with Gasteiger partial charge >= 0.3 is 6.18 Å². The Bertz CT molecular complexity index is 616. The standard InChI is InChI=1S/C11H11ClF3N5O/c12-8-2-1-7(5-9(8)16)10-17-18-19-20(10)3-4-21-6-11(13,14)15/h1-2,5H,3-4,6,16H2. The lowest BCUT2D eigenvalue weighted by atomic mass is 10.2. The van der Waals surface area contributed by atoms with E-state index in [9.17, 15) is 13.2 Å². The molecule has 10 heteroatoms. The number of rotatable bonds is 5. The summed E-state index contributed by atoms with van der Waals surface area (Å²) in [4.78, 5) is 0. The fourth-order valence-electron chi connectivity index (χ4n) is 1.58. The van der Waals surface area contributed by atoms with Gasteiger partial charge in [-0.3, -0.25) is 0 Å². The van der Waals surface area contributed by atoms with Crippen molar-refractivity contribution in [3.63, 3.8) is 0 Å². The van der Waals surface area contributed by atoms with E-state index in [1.807, 2.05) is 0 Å². The Balaban J connectivity index is 2.03. The summed E-state index contributed by atoms with van der Waals surface area (Å²) in [6.07, 6.45) is -4.35. The number of nitrogens with zero attached hydrogens (tertiary/aromatic N) is 4. The van der Waals surface area contributed by atoms with Gasteiger partial charge in [0.25, 0.3) is 0 Å². The molecular weight excluding hydrogens is 311 g/mol. The van der Waals surface area contributed by atoms with Gasteiger partial charge in [0, 0.05) is 5.56 Å². The van der Waals surface area contributed by atoms with Crippen LogP contribution >= 0.6 is 11.6 Å². The van der Waals surface area contributed by atoms with Crippen molar-refractivity contribution in [1.82, 2.24) is 20.2 Å². The van der Waals surface area contributed by atoms with Crippen molar-refractivity contribution in [3.05, 3.63) is 23.2 Å². The van der Waals surface area contributed by atoms with Crippen LogP contribution in [0.15, 0.2) is 18.2 Å². The molecule has 1 heterocycles. The van der Waals surface area contributed by atoms with Crippen molar-refractivity contribution in [2.24, 2.45) is 0 Å². The van der Waals surface area contributed by atoms with Gasteiger partial charge in [-0.15, -0.1) is 5.10 Å². The summed E-state index contributed by atoms with van der Waals surface area (Å²) < 4.78 is 41.7. The number of benzene rings is 1. The molecule has 0 fully saturated rings. The van der Waals surface area contributed by atoms with Gasteiger partial charge < -0.3 is 10.5 Å². The summed E-state index contributed by atoms with van der Waals surface area (Å²) in [6, 6.07) is 4.84. The van der Waals surface area contributed by atoms with Crippen LogP contribution in [0.2, 0.25) is 5.02 Å². The highest BCUT2D eigenvalue weighted by Crippen LogP contribution is 2.25. The molecule has 0 saturated heterocycles. The fraction of sp³-hybridized carbons (Fsp3) is 0.364. The first-order valence-electron chi connectivity index (χ1n) is 5.83. The zero-order chi connectivity index (χ0) is 15.5. The van der Waals surface area contributed by atoms with Crippen molar-refractivity contribution < 1.29 is 17.9 Å². The lowest BCUT2D eigenvalue weighted by Gasteiger charge is -2.08. The van der Waals surface area contributed by atoms with Crippen LogP contribution in [0.1, 0.15) is 0 Å². The molecule has 0 amide bonds. The lowest BCUT2D eigenvalue weighted by molar-refractivity contribution is -0.174. The minimum absolute atomic E-state index is 0.0843.